The fourth-order valence-electron chi connectivity index (χ4n) is 2.23. The van der Waals surface area contributed by atoms with Crippen LogP contribution in [0.2, 0.25) is 5.02 Å². The molecule has 24 heavy (non-hydrogen) atoms. The van der Waals surface area contributed by atoms with E-state index >= 15 is 0 Å². The number of hydrogen-bond acceptors (Lipinski definition) is 3. The zero-order valence-electron chi connectivity index (χ0n) is 13.7. The van der Waals surface area contributed by atoms with E-state index in [9.17, 15) is 8.42 Å². The first-order valence-corrected chi connectivity index (χ1v) is 9.78. The standard InChI is InChI=1S/C18H22ClNO3S/c1-2-3-15-6-10-18(11-7-15)24(21,22)20-12-13-23-14-16-4-8-17(19)9-5-16/h4-11,20H,2-3,12-14H2,1H3. The minimum Gasteiger partial charge on any atom is -0.375 e. The summed E-state index contributed by atoms with van der Waals surface area (Å²) >= 11 is 5.81. The summed E-state index contributed by atoms with van der Waals surface area (Å²) in [5.41, 5.74) is 2.14. The fourth-order valence-corrected chi connectivity index (χ4v) is 3.37. The monoisotopic (exact) mass is 367 g/mol. The number of nitrogens with one attached hydrogen (secondary N) is 1. The Morgan fingerprint density at radius 2 is 1.62 bits per heavy atom. The fraction of sp³-hybridized carbons (Fsp3) is 0.333. The summed E-state index contributed by atoms with van der Waals surface area (Å²) in [5, 5.41) is 0.677. The molecule has 0 aromatic heterocycles. The van der Waals surface area contributed by atoms with Crippen molar-refractivity contribution in [2.24, 2.45) is 0 Å². The van der Waals surface area contributed by atoms with Gasteiger partial charge >= 0.3 is 0 Å². The molecule has 0 amide bonds. The Kier molecular flexibility index (Phi) is 7.24. The van der Waals surface area contributed by atoms with Crippen molar-refractivity contribution < 1.29 is 13.2 Å². The highest BCUT2D eigenvalue weighted by atomic mass is 35.5. The van der Waals surface area contributed by atoms with Crippen molar-refractivity contribution in [2.75, 3.05) is 13.2 Å². The highest BCUT2D eigenvalue weighted by Gasteiger charge is 2.12. The van der Waals surface area contributed by atoms with E-state index in [0.29, 0.717) is 18.2 Å². The summed E-state index contributed by atoms with van der Waals surface area (Å²) in [6.45, 7) is 3.04. The Hall–Kier alpha value is -1.40. The molecule has 0 radical (unpaired) electrons. The zero-order valence-corrected chi connectivity index (χ0v) is 15.2. The summed E-state index contributed by atoms with van der Waals surface area (Å²) in [6, 6.07) is 14.3. The highest BCUT2D eigenvalue weighted by molar-refractivity contribution is 7.89. The van der Waals surface area contributed by atoms with Crippen LogP contribution in [-0.4, -0.2) is 21.6 Å². The van der Waals surface area contributed by atoms with Crippen LogP contribution in [0, 0.1) is 0 Å². The van der Waals surface area contributed by atoms with Crippen molar-refractivity contribution in [3.63, 3.8) is 0 Å². The second kappa shape index (κ2) is 9.18. The number of sulfonamides is 1. The Morgan fingerprint density at radius 1 is 1.00 bits per heavy atom. The molecule has 4 nitrogen and oxygen atoms in total. The molecule has 2 aromatic rings. The molecule has 0 aliphatic rings. The number of rotatable bonds is 9. The lowest BCUT2D eigenvalue weighted by Gasteiger charge is -2.08. The molecule has 2 aromatic carbocycles. The van der Waals surface area contributed by atoms with Crippen molar-refractivity contribution in [3.05, 3.63) is 64.7 Å². The van der Waals surface area contributed by atoms with Gasteiger partial charge < -0.3 is 4.74 Å². The lowest BCUT2D eigenvalue weighted by atomic mass is 10.1. The Bertz CT molecular complexity index is 728. The van der Waals surface area contributed by atoms with Crippen molar-refractivity contribution >= 4 is 21.6 Å². The van der Waals surface area contributed by atoms with Crippen LogP contribution in [0.4, 0.5) is 0 Å². The van der Waals surface area contributed by atoms with Crippen LogP contribution < -0.4 is 4.72 Å². The Morgan fingerprint density at radius 3 is 2.25 bits per heavy atom. The van der Waals surface area contributed by atoms with E-state index < -0.39 is 10.0 Å². The largest absolute Gasteiger partial charge is 0.375 e. The smallest absolute Gasteiger partial charge is 0.240 e. The van der Waals surface area contributed by atoms with Crippen LogP contribution in [0.15, 0.2) is 53.4 Å². The van der Waals surface area contributed by atoms with E-state index in [2.05, 4.69) is 11.6 Å². The average molecular weight is 368 g/mol. The minimum absolute atomic E-state index is 0.229. The molecule has 0 bridgehead atoms. The summed E-state index contributed by atoms with van der Waals surface area (Å²) in [4.78, 5) is 0.278. The molecule has 0 spiro atoms. The molecule has 0 atom stereocenters. The first-order valence-electron chi connectivity index (χ1n) is 7.92. The molecular weight excluding hydrogens is 346 g/mol. The molecule has 6 heteroatoms. The molecule has 0 saturated heterocycles. The quantitative estimate of drug-likeness (QED) is 0.686. The van der Waals surface area contributed by atoms with E-state index in [1.807, 2.05) is 24.3 Å². The lowest BCUT2D eigenvalue weighted by molar-refractivity contribution is 0.126. The van der Waals surface area contributed by atoms with E-state index in [1.165, 1.54) is 0 Å². The highest BCUT2D eigenvalue weighted by Crippen LogP contribution is 2.12. The van der Waals surface area contributed by atoms with Gasteiger partial charge in [0.1, 0.15) is 0 Å². The second-order valence-corrected chi connectivity index (χ2v) is 7.67. The number of aryl methyl sites for hydroxylation is 1. The van der Waals surface area contributed by atoms with Gasteiger partial charge in [-0.15, -0.1) is 0 Å². The normalized spacial score (nSPS) is 11.6. The Balaban J connectivity index is 1.77. The number of ether oxygens (including phenoxy) is 1. The molecule has 2 rings (SSSR count). The maximum absolute atomic E-state index is 12.2. The predicted octanol–water partition coefficient (Wildman–Crippen LogP) is 3.79. The number of hydrogen-bond donors (Lipinski definition) is 1. The molecule has 0 saturated carbocycles. The van der Waals surface area contributed by atoms with Crippen molar-refractivity contribution in [2.45, 2.75) is 31.3 Å². The molecule has 1 N–H and O–H groups in total. The van der Waals surface area contributed by atoms with Crippen LogP contribution in [0.5, 0.6) is 0 Å². The third kappa shape index (κ3) is 5.91. The second-order valence-electron chi connectivity index (χ2n) is 5.47. The van der Waals surface area contributed by atoms with Gasteiger partial charge in [-0.25, -0.2) is 13.1 Å². The van der Waals surface area contributed by atoms with E-state index in [1.54, 1.807) is 24.3 Å². The molecule has 0 heterocycles. The molecule has 0 unspecified atom stereocenters. The average Bonchev–Trinajstić information content (AvgIpc) is 2.57. The van der Waals surface area contributed by atoms with E-state index in [4.69, 9.17) is 16.3 Å². The van der Waals surface area contributed by atoms with Crippen molar-refractivity contribution in [3.8, 4) is 0 Å². The summed E-state index contributed by atoms with van der Waals surface area (Å²) in [7, 11) is -3.49. The Labute approximate surface area is 148 Å². The van der Waals surface area contributed by atoms with Crippen LogP contribution in [0.25, 0.3) is 0 Å². The van der Waals surface area contributed by atoms with Crippen LogP contribution in [0.3, 0.4) is 0 Å². The van der Waals surface area contributed by atoms with Gasteiger partial charge in [0.05, 0.1) is 18.1 Å². The minimum atomic E-state index is -3.49. The van der Waals surface area contributed by atoms with Gasteiger partial charge in [0, 0.05) is 11.6 Å². The van der Waals surface area contributed by atoms with E-state index in [-0.39, 0.29) is 11.4 Å². The van der Waals surface area contributed by atoms with Crippen LogP contribution in [0.1, 0.15) is 24.5 Å². The van der Waals surface area contributed by atoms with Crippen LogP contribution in [-0.2, 0) is 27.8 Å². The summed E-state index contributed by atoms with van der Waals surface area (Å²) < 4.78 is 32.4. The van der Waals surface area contributed by atoms with Gasteiger partial charge in [0.25, 0.3) is 0 Å². The van der Waals surface area contributed by atoms with Gasteiger partial charge in [0.2, 0.25) is 10.0 Å². The van der Waals surface area contributed by atoms with Crippen molar-refractivity contribution in [1.29, 1.82) is 0 Å². The first kappa shape index (κ1) is 18.9. The number of benzene rings is 2. The maximum atomic E-state index is 12.2. The van der Waals surface area contributed by atoms with Gasteiger partial charge in [-0.05, 0) is 41.8 Å². The predicted molar refractivity (Wildman–Crippen MR) is 96.7 cm³/mol. The molecule has 0 aliphatic carbocycles. The van der Waals surface area contributed by atoms with Gasteiger partial charge in [0.15, 0.2) is 0 Å². The SMILES string of the molecule is CCCc1ccc(S(=O)(=O)NCCOCc2ccc(Cl)cc2)cc1. The molecular formula is C18H22ClNO3S. The first-order chi connectivity index (χ1) is 11.5. The van der Waals surface area contributed by atoms with Crippen molar-refractivity contribution in [1.82, 2.24) is 4.72 Å². The van der Waals surface area contributed by atoms with Crippen LogP contribution >= 0.6 is 11.6 Å². The lowest BCUT2D eigenvalue weighted by Crippen LogP contribution is -2.27. The maximum Gasteiger partial charge on any atom is 0.240 e. The molecule has 0 aliphatic heterocycles. The third-order valence-corrected chi connectivity index (χ3v) is 5.22. The zero-order chi connectivity index (χ0) is 17.4. The van der Waals surface area contributed by atoms with Gasteiger partial charge in [-0.3, -0.25) is 0 Å². The third-order valence-electron chi connectivity index (χ3n) is 3.49. The molecule has 130 valence electrons. The van der Waals surface area contributed by atoms with Gasteiger partial charge in [-0.1, -0.05) is 49.2 Å². The summed E-state index contributed by atoms with van der Waals surface area (Å²) in [6.07, 6.45) is 1.99. The topological polar surface area (TPSA) is 55.4 Å². The van der Waals surface area contributed by atoms with E-state index in [0.717, 1.165) is 24.0 Å². The summed E-state index contributed by atoms with van der Waals surface area (Å²) in [5.74, 6) is 0. The number of halogens is 1. The van der Waals surface area contributed by atoms with Gasteiger partial charge in [-0.2, -0.15) is 0 Å². The molecule has 0 fully saturated rings.